The van der Waals surface area contributed by atoms with Gasteiger partial charge >= 0.3 is 12.2 Å². The Balaban J connectivity index is 0.000000371. The molecule has 5 aliphatic rings. The van der Waals surface area contributed by atoms with E-state index in [1.807, 2.05) is 46.4 Å². The molecule has 0 aromatic rings. The minimum Gasteiger partial charge on any atom is -0.444 e. The number of ketones is 1. The van der Waals surface area contributed by atoms with Gasteiger partial charge in [0.05, 0.1) is 0 Å². The number of piperidine rings is 3. The second kappa shape index (κ2) is 22.1. The van der Waals surface area contributed by atoms with Crippen LogP contribution in [0.2, 0.25) is 0 Å². The fourth-order valence-corrected chi connectivity index (χ4v) is 8.37. The summed E-state index contributed by atoms with van der Waals surface area (Å²) in [5.41, 5.74) is -0.886. The highest BCUT2D eigenvalue weighted by molar-refractivity contribution is 7.85. The fourth-order valence-electron chi connectivity index (χ4n) is 6.21. The summed E-state index contributed by atoms with van der Waals surface area (Å²) in [6, 6.07) is 1.30. The van der Waals surface area contributed by atoms with Gasteiger partial charge < -0.3 is 24.6 Å². The minimum atomic E-state index is -0.617. The third-order valence-corrected chi connectivity index (χ3v) is 11.4. The monoisotopic (exact) mass is 775 g/mol. The number of halogens is 2. The van der Waals surface area contributed by atoms with E-state index in [1.54, 1.807) is 4.90 Å². The number of amides is 2. The van der Waals surface area contributed by atoms with Crippen LogP contribution in [-0.2, 0) is 35.9 Å². The summed E-state index contributed by atoms with van der Waals surface area (Å²) in [4.78, 5) is 42.8. The lowest BCUT2D eigenvalue weighted by Gasteiger charge is -2.40. The first-order chi connectivity index (χ1) is 22.1. The van der Waals surface area contributed by atoms with Crippen LogP contribution in [0.4, 0.5) is 9.59 Å². The van der Waals surface area contributed by atoms with Gasteiger partial charge in [0.2, 0.25) is 0 Å². The zero-order valence-electron chi connectivity index (χ0n) is 30.6. The third kappa shape index (κ3) is 17.8. The summed E-state index contributed by atoms with van der Waals surface area (Å²) in [5.74, 6) is 3.61. The lowest BCUT2D eigenvalue weighted by atomic mass is 10.0. The van der Waals surface area contributed by atoms with Crippen LogP contribution in [0.3, 0.4) is 0 Å². The van der Waals surface area contributed by atoms with E-state index in [1.165, 1.54) is 12.8 Å². The Morgan fingerprint density at radius 3 is 1.33 bits per heavy atom. The predicted octanol–water partition coefficient (Wildman–Crippen LogP) is 3.68. The summed E-state index contributed by atoms with van der Waals surface area (Å²) in [6.45, 7) is 20.0. The molecule has 0 unspecified atom stereocenters. The number of nitrogens with zero attached hydrogens (tertiary/aromatic N) is 4. The third-order valence-electron chi connectivity index (χ3n) is 8.86. The first-order valence-corrected chi connectivity index (χ1v) is 20.4. The van der Waals surface area contributed by atoms with Gasteiger partial charge in [0.1, 0.15) is 17.0 Å². The number of rotatable bonds is 2. The molecule has 5 saturated heterocycles. The Kier molecular flexibility index (Phi) is 20.8. The molecule has 0 radical (unpaired) electrons. The van der Waals surface area contributed by atoms with Crippen LogP contribution in [0.25, 0.3) is 0 Å². The number of hydrogen-bond donors (Lipinski definition) is 1. The van der Waals surface area contributed by atoms with Gasteiger partial charge in [-0.05, 0) is 80.3 Å². The molecule has 0 spiro atoms. The van der Waals surface area contributed by atoms with Crippen LogP contribution in [0.1, 0.15) is 80.1 Å². The topological polar surface area (TPSA) is 129 Å². The number of hydrogen-bond acceptors (Lipinski definition) is 10. The van der Waals surface area contributed by atoms with E-state index in [0.717, 1.165) is 94.3 Å². The number of carbonyl (C=O) groups is 3. The number of ether oxygens (including phenoxy) is 2. The summed E-state index contributed by atoms with van der Waals surface area (Å²) >= 11 is 0. The van der Waals surface area contributed by atoms with E-state index in [-0.39, 0.29) is 42.8 Å². The average molecular weight is 777 g/mol. The highest BCUT2D eigenvalue weighted by Gasteiger charge is 2.31. The molecule has 0 atom stereocenters. The van der Waals surface area contributed by atoms with Crippen LogP contribution in [0.5, 0.6) is 0 Å². The van der Waals surface area contributed by atoms with Gasteiger partial charge in [0, 0.05) is 122 Å². The Hall–Kier alpha value is -1.03. The smallest absolute Gasteiger partial charge is 0.410 e. The summed E-state index contributed by atoms with van der Waals surface area (Å²) in [6.07, 6.45) is 4.93. The Bertz CT molecular complexity index is 1050. The normalized spacial score (nSPS) is 22.7. The molecular formula is C33H63Cl2N5O7S2. The van der Waals surface area contributed by atoms with E-state index < -0.39 is 32.8 Å². The van der Waals surface area contributed by atoms with Gasteiger partial charge in [0.15, 0.2) is 0 Å². The van der Waals surface area contributed by atoms with Gasteiger partial charge in [0.25, 0.3) is 0 Å². The van der Waals surface area contributed by atoms with Crippen molar-refractivity contribution in [1.29, 1.82) is 0 Å². The number of Topliss-reactive ketones (excluding diaryl/α,β-unsaturated/α-hetero) is 1. The van der Waals surface area contributed by atoms with Gasteiger partial charge in [-0.2, -0.15) is 0 Å². The zero-order chi connectivity index (χ0) is 34.6. The van der Waals surface area contributed by atoms with Crippen molar-refractivity contribution in [1.82, 2.24) is 24.9 Å². The molecule has 49 heavy (non-hydrogen) atoms. The van der Waals surface area contributed by atoms with Crippen LogP contribution in [0.15, 0.2) is 0 Å². The molecule has 12 nitrogen and oxygen atoms in total. The van der Waals surface area contributed by atoms with Crippen LogP contribution < -0.4 is 5.32 Å². The lowest BCUT2D eigenvalue weighted by Crippen LogP contribution is -2.51. The standard InChI is InChI=1S/C14H26N2O3S.C10H17NO3.C9H18N2OS.2ClH/c1-14(2,3)19-13(17)16-6-4-12(5-7-16)15-8-10-20(18)11-9-15;1-10(2,3)14-9(13)11-6-4-8(12)5-7-11;12-13-7-5-11(6-8-13)9-1-3-10-4-2-9;;/h12H,4-11H2,1-3H3;4-7H2,1-3H3;9-10H,1-8H2;2*1H. The van der Waals surface area contributed by atoms with E-state index in [0.29, 0.717) is 32.0 Å². The van der Waals surface area contributed by atoms with Crippen LogP contribution in [0, 0.1) is 0 Å². The molecule has 0 aliphatic carbocycles. The Morgan fingerprint density at radius 1 is 0.612 bits per heavy atom. The SMILES string of the molecule is CC(C)(C)OC(=O)N1CCC(=O)CC1.CC(C)(C)OC(=O)N1CCC(N2CCS(=O)CC2)CC1.Cl.Cl.O=S1CCN(C2CCNCC2)CC1. The second-order valence-electron chi connectivity index (χ2n) is 15.0. The first-order valence-electron chi connectivity index (χ1n) is 17.5. The Labute approximate surface area is 312 Å². The molecule has 288 valence electrons. The van der Waals surface area contributed by atoms with Gasteiger partial charge in [-0.15, -0.1) is 24.8 Å². The fraction of sp³-hybridized carbons (Fsp3) is 0.909. The second-order valence-corrected chi connectivity index (χ2v) is 18.3. The van der Waals surface area contributed by atoms with Crippen molar-refractivity contribution in [3.63, 3.8) is 0 Å². The summed E-state index contributed by atoms with van der Waals surface area (Å²) < 4.78 is 33.1. The lowest BCUT2D eigenvalue weighted by molar-refractivity contribution is -0.121. The maximum absolute atomic E-state index is 12.0. The molecule has 2 amide bonds. The summed E-state index contributed by atoms with van der Waals surface area (Å²) in [5, 5.41) is 3.38. The molecule has 0 saturated carbocycles. The van der Waals surface area contributed by atoms with Crippen LogP contribution in [-0.4, -0.2) is 158 Å². The minimum absolute atomic E-state index is 0. The largest absolute Gasteiger partial charge is 0.444 e. The molecule has 5 fully saturated rings. The first kappa shape index (κ1) is 46.0. The van der Waals surface area contributed by atoms with Crippen molar-refractivity contribution in [2.45, 2.75) is 103 Å². The maximum Gasteiger partial charge on any atom is 0.410 e. The molecule has 5 aliphatic heterocycles. The zero-order valence-corrected chi connectivity index (χ0v) is 33.8. The van der Waals surface area contributed by atoms with Crippen molar-refractivity contribution in [2.24, 2.45) is 0 Å². The van der Waals surface area contributed by atoms with Gasteiger partial charge in [-0.3, -0.25) is 23.0 Å². The Morgan fingerprint density at radius 2 is 0.959 bits per heavy atom. The summed E-state index contributed by atoms with van der Waals surface area (Å²) in [7, 11) is -1.14. The average Bonchev–Trinajstić information content (AvgIpc) is 3.02. The highest BCUT2D eigenvalue weighted by atomic mass is 35.5. The van der Waals surface area contributed by atoms with E-state index >= 15 is 0 Å². The molecular weight excluding hydrogens is 713 g/mol. The molecule has 0 bridgehead atoms. The molecule has 16 heteroatoms. The maximum atomic E-state index is 12.0. The molecule has 0 aromatic carbocycles. The van der Waals surface area contributed by atoms with Crippen molar-refractivity contribution < 1.29 is 32.3 Å². The van der Waals surface area contributed by atoms with E-state index in [9.17, 15) is 22.8 Å². The van der Waals surface area contributed by atoms with Crippen molar-refractivity contribution in [3.05, 3.63) is 0 Å². The van der Waals surface area contributed by atoms with Gasteiger partial charge in [-0.1, -0.05) is 0 Å². The van der Waals surface area contributed by atoms with E-state index in [2.05, 4.69) is 15.1 Å². The van der Waals surface area contributed by atoms with Crippen molar-refractivity contribution in [3.8, 4) is 0 Å². The molecule has 5 rings (SSSR count). The number of likely N-dealkylation sites (tertiary alicyclic amines) is 2. The van der Waals surface area contributed by atoms with Gasteiger partial charge in [-0.25, -0.2) is 9.59 Å². The number of nitrogens with one attached hydrogen (secondary N) is 1. The van der Waals surface area contributed by atoms with Crippen molar-refractivity contribution in [2.75, 3.05) is 88.5 Å². The van der Waals surface area contributed by atoms with Crippen LogP contribution >= 0.6 is 24.8 Å². The van der Waals surface area contributed by atoms with Crippen molar-refractivity contribution >= 4 is 64.4 Å². The predicted molar refractivity (Wildman–Crippen MR) is 202 cm³/mol. The molecule has 5 heterocycles. The number of carbonyl (C=O) groups excluding carboxylic acids is 3. The quantitative estimate of drug-likeness (QED) is 0.444. The molecule has 1 N–H and O–H groups in total. The molecule has 0 aromatic heterocycles. The highest BCUT2D eigenvalue weighted by Crippen LogP contribution is 2.20. The van der Waals surface area contributed by atoms with E-state index in [4.69, 9.17) is 9.47 Å².